The van der Waals surface area contributed by atoms with Gasteiger partial charge >= 0.3 is 0 Å². The van der Waals surface area contributed by atoms with E-state index in [1.54, 1.807) is 0 Å². The summed E-state index contributed by atoms with van der Waals surface area (Å²) in [6, 6.07) is 0. The van der Waals surface area contributed by atoms with Crippen molar-refractivity contribution in [2.75, 3.05) is 13.2 Å². The Labute approximate surface area is 76.8 Å². The molecule has 0 aliphatic rings. The summed E-state index contributed by atoms with van der Waals surface area (Å²) in [5.41, 5.74) is 1.19. The number of ether oxygens (including phenoxy) is 1. The molecule has 11 heavy (non-hydrogen) atoms. The molecule has 0 aliphatic carbocycles. The Morgan fingerprint density at radius 3 is 2.64 bits per heavy atom. The van der Waals surface area contributed by atoms with Crippen molar-refractivity contribution < 1.29 is 9.84 Å². The second-order valence-electron chi connectivity index (χ2n) is 2.05. The molecule has 0 fully saturated rings. The lowest BCUT2D eigenvalue weighted by molar-refractivity contribution is 0.220. The molecule has 0 aliphatic heterocycles. The fourth-order valence-corrected chi connectivity index (χ4v) is 0.732. The Balaban J connectivity index is 3.02. The molecule has 0 aromatic carbocycles. The van der Waals surface area contributed by atoms with Crippen molar-refractivity contribution in [2.24, 2.45) is 0 Å². The van der Waals surface area contributed by atoms with Gasteiger partial charge in [0, 0.05) is 6.61 Å². The predicted octanol–water partition coefficient (Wildman–Crippen LogP) is 2.44. The molecule has 1 N–H and O–H groups in total. The minimum atomic E-state index is 0.218. The summed E-state index contributed by atoms with van der Waals surface area (Å²) < 4.78 is 4.95. The first kappa shape index (κ1) is 11.1. The zero-order valence-corrected chi connectivity index (χ0v) is 7.74. The van der Waals surface area contributed by atoms with E-state index in [4.69, 9.17) is 33.0 Å². The quantitative estimate of drug-likeness (QED) is 0.525. The number of hydrogen-bond acceptors (Lipinski definition) is 2. The smallest absolute Gasteiger partial charge is 0.198 e. The SMILES string of the molecule is OCCCCCO/C(Cl)=C\Cl. The Morgan fingerprint density at radius 1 is 1.36 bits per heavy atom. The third kappa shape index (κ3) is 7.98. The molecule has 0 spiro atoms. The van der Waals surface area contributed by atoms with Crippen molar-refractivity contribution in [3.05, 3.63) is 10.8 Å². The monoisotopic (exact) mass is 198 g/mol. The van der Waals surface area contributed by atoms with Gasteiger partial charge in [0.15, 0.2) is 5.22 Å². The van der Waals surface area contributed by atoms with Crippen molar-refractivity contribution >= 4 is 23.2 Å². The van der Waals surface area contributed by atoms with Crippen LogP contribution in [-0.4, -0.2) is 18.3 Å². The van der Waals surface area contributed by atoms with Gasteiger partial charge in [0.05, 0.1) is 12.1 Å². The van der Waals surface area contributed by atoms with Crippen LogP contribution in [0.25, 0.3) is 0 Å². The van der Waals surface area contributed by atoms with Gasteiger partial charge in [0.25, 0.3) is 0 Å². The average molecular weight is 199 g/mol. The zero-order chi connectivity index (χ0) is 8.53. The van der Waals surface area contributed by atoms with Crippen LogP contribution in [0.15, 0.2) is 10.8 Å². The third-order valence-electron chi connectivity index (χ3n) is 1.13. The van der Waals surface area contributed by atoms with Gasteiger partial charge in [-0.05, 0) is 30.9 Å². The molecule has 0 heterocycles. The summed E-state index contributed by atoms with van der Waals surface area (Å²) in [5, 5.41) is 8.64. The molecule has 0 amide bonds. The first-order valence-corrected chi connectivity index (χ1v) is 4.32. The Morgan fingerprint density at radius 2 is 2.09 bits per heavy atom. The highest BCUT2D eigenvalue weighted by Crippen LogP contribution is 2.06. The summed E-state index contributed by atoms with van der Waals surface area (Å²) in [5.74, 6) is 0. The predicted molar refractivity (Wildman–Crippen MR) is 46.7 cm³/mol. The molecule has 66 valence electrons. The summed E-state index contributed by atoms with van der Waals surface area (Å²) in [7, 11) is 0. The van der Waals surface area contributed by atoms with Gasteiger partial charge in [-0.15, -0.1) is 0 Å². The van der Waals surface area contributed by atoms with Crippen LogP contribution in [0.5, 0.6) is 0 Å². The lowest BCUT2D eigenvalue weighted by Gasteiger charge is -2.01. The van der Waals surface area contributed by atoms with Gasteiger partial charge in [-0.1, -0.05) is 11.6 Å². The van der Waals surface area contributed by atoms with Gasteiger partial charge in [-0.3, -0.25) is 0 Å². The molecule has 0 saturated carbocycles. The van der Waals surface area contributed by atoms with Gasteiger partial charge in [-0.2, -0.15) is 0 Å². The molecule has 0 bridgehead atoms. The fourth-order valence-electron chi connectivity index (χ4n) is 0.592. The van der Waals surface area contributed by atoms with E-state index in [1.807, 2.05) is 0 Å². The van der Waals surface area contributed by atoms with E-state index < -0.39 is 0 Å². The normalized spacial score (nSPS) is 11.7. The van der Waals surface area contributed by atoms with Crippen LogP contribution in [0, 0.1) is 0 Å². The molecule has 0 radical (unpaired) electrons. The molecule has 4 heteroatoms. The molecular weight excluding hydrogens is 187 g/mol. The summed E-state index contributed by atoms with van der Waals surface area (Å²) in [6.07, 6.45) is 2.65. The maximum Gasteiger partial charge on any atom is 0.198 e. The molecule has 0 rings (SSSR count). The maximum absolute atomic E-state index is 8.42. The van der Waals surface area contributed by atoms with Gasteiger partial charge in [0.2, 0.25) is 0 Å². The topological polar surface area (TPSA) is 29.5 Å². The van der Waals surface area contributed by atoms with Crippen LogP contribution in [-0.2, 0) is 4.74 Å². The zero-order valence-electron chi connectivity index (χ0n) is 6.22. The minimum Gasteiger partial charge on any atom is -0.482 e. The molecule has 0 aromatic rings. The van der Waals surface area contributed by atoms with Crippen molar-refractivity contribution in [1.29, 1.82) is 0 Å². The van der Waals surface area contributed by atoms with Crippen molar-refractivity contribution in [1.82, 2.24) is 0 Å². The Hall–Kier alpha value is 0.0800. The van der Waals surface area contributed by atoms with E-state index in [-0.39, 0.29) is 11.8 Å². The van der Waals surface area contributed by atoms with Gasteiger partial charge in [-0.25, -0.2) is 0 Å². The molecule has 2 nitrogen and oxygen atoms in total. The largest absolute Gasteiger partial charge is 0.482 e. The third-order valence-corrected chi connectivity index (χ3v) is 1.66. The van der Waals surface area contributed by atoms with Crippen LogP contribution in [0.4, 0.5) is 0 Å². The van der Waals surface area contributed by atoms with E-state index >= 15 is 0 Å². The van der Waals surface area contributed by atoms with Crippen LogP contribution in [0.3, 0.4) is 0 Å². The number of halogens is 2. The van der Waals surface area contributed by atoms with Crippen LogP contribution < -0.4 is 0 Å². The first-order chi connectivity index (χ1) is 5.31. The number of aliphatic hydroxyl groups excluding tert-OH is 1. The summed E-state index contributed by atoms with van der Waals surface area (Å²) >= 11 is 10.7. The molecular formula is C7H12Cl2O2. The lowest BCUT2D eigenvalue weighted by Crippen LogP contribution is -1.91. The van der Waals surface area contributed by atoms with E-state index in [9.17, 15) is 0 Å². The highest BCUT2D eigenvalue weighted by molar-refractivity contribution is 6.35. The fraction of sp³-hybridized carbons (Fsp3) is 0.714. The highest BCUT2D eigenvalue weighted by Gasteiger charge is 1.91. The van der Waals surface area contributed by atoms with Gasteiger partial charge in [0.1, 0.15) is 0 Å². The van der Waals surface area contributed by atoms with Crippen LogP contribution in [0.2, 0.25) is 0 Å². The summed E-state index contributed by atoms with van der Waals surface area (Å²) in [4.78, 5) is 0. The van der Waals surface area contributed by atoms with Crippen molar-refractivity contribution in [3.8, 4) is 0 Å². The number of unbranched alkanes of at least 4 members (excludes halogenated alkanes) is 2. The molecule has 0 atom stereocenters. The minimum absolute atomic E-state index is 0.218. The second-order valence-corrected chi connectivity index (χ2v) is 2.64. The maximum atomic E-state index is 8.42. The van der Waals surface area contributed by atoms with E-state index in [1.165, 1.54) is 5.54 Å². The average Bonchev–Trinajstić information content (AvgIpc) is 2.04. The first-order valence-electron chi connectivity index (χ1n) is 3.50. The Bertz CT molecular complexity index is 115. The highest BCUT2D eigenvalue weighted by atomic mass is 35.5. The van der Waals surface area contributed by atoms with Crippen LogP contribution >= 0.6 is 23.2 Å². The molecule has 0 unspecified atom stereocenters. The summed E-state index contributed by atoms with van der Waals surface area (Å²) in [6.45, 7) is 0.793. The van der Waals surface area contributed by atoms with E-state index in [0.717, 1.165) is 19.3 Å². The van der Waals surface area contributed by atoms with E-state index in [2.05, 4.69) is 0 Å². The van der Waals surface area contributed by atoms with E-state index in [0.29, 0.717) is 6.61 Å². The standard InChI is InChI=1S/C7H12Cl2O2/c8-6-7(9)11-5-3-1-2-4-10/h6,10H,1-5H2/b7-6-. The second kappa shape index (κ2) is 8.18. The van der Waals surface area contributed by atoms with Crippen molar-refractivity contribution in [2.45, 2.75) is 19.3 Å². The van der Waals surface area contributed by atoms with Crippen molar-refractivity contribution in [3.63, 3.8) is 0 Å². The molecule has 0 saturated heterocycles. The number of hydrogen-bond donors (Lipinski definition) is 1. The number of aliphatic hydroxyl groups is 1. The van der Waals surface area contributed by atoms with Crippen LogP contribution in [0.1, 0.15) is 19.3 Å². The number of rotatable bonds is 6. The molecule has 0 aromatic heterocycles. The Kier molecular flexibility index (Phi) is 8.24. The lowest BCUT2D eigenvalue weighted by atomic mass is 10.2. The van der Waals surface area contributed by atoms with Gasteiger partial charge < -0.3 is 9.84 Å².